The highest BCUT2D eigenvalue weighted by molar-refractivity contribution is 5.94. The summed E-state index contributed by atoms with van der Waals surface area (Å²) in [5.41, 5.74) is 2.10. The van der Waals surface area contributed by atoms with Crippen molar-refractivity contribution in [1.29, 1.82) is 0 Å². The molecule has 1 aliphatic rings. The number of benzene rings is 1. The molecule has 0 unspecified atom stereocenters. The number of hydrogen-bond acceptors (Lipinski definition) is 4. The molecule has 0 saturated carbocycles. The van der Waals surface area contributed by atoms with Gasteiger partial charge in [-0.15, -0.1) is 0 Å². The van der Waals surface area contributed by atoms with Crippen LogP contribution >= 0.6 is 0 Å². The van der Waals surface area contributed by atoms with E-state index in [1.54, 1.807) is 43.4 Å². The predicted octanol–water partition coefficient (Wildman–Crippen LogP) is 2.25. The Morgan fingerprint density at radius 3 is 3.00 bits per heavy atom. The maximum Gasteiger partial charge on any atom is 0.256 e. The number of halogens is 1. The van der Waals surface area contributed by atoms with Gasteiger partial charge in [0.2, 0.25) is 0 Å². The highest BCUT2D eigenvalue weighted by Crippen LogP contribution is 2.30. The fraction of sp³-hybridized carbons (Fsp3) is 0.444. The Kier molecular flexibility index (Phi) is 5.03. The molecule has 1 saturated heterocycles. The second-order valence-corrected chi connectivity index (χ2v) is 6.55. The molecule has 3 rings (SSSR count). The van der Waals surface area contributed by atoms with E-state index in [1.807, 2.05) is 0 Å². The van der Waals surface area contributed by atoms with Crippen molar-refractivity contribution in [1.82, 2.24) is 20.0 Å². The Labute approximate surface area is 146 Å². The van der Waals surface area contributed by atoms with Crippen LogP contribution in [0.1, 0.15) is 34.0 Å². The molecule has 1 aliphatic heterocycles. The molecule has 25 heavy (non-hydrogen) atoms. The van der Waals surface area contributed by atoms with E-state index >= 15 is 0 Å². The summed E-state index contributed by atoms with van der Waals surface area (Å²) in [6.07, 6.45) is 2.49. The van der Waals surface area contributed by atoms with Crippen LogP contribution in [0.2, 0.25) is 0 Å². The molecule has 7 heteroatoms. The SMILES string of the molecule is COc1cccc(CN2CC[C@H](c3[nH]ncc3C(=O)N(C)C)C2)c1F. The van der Waals surface area contributed by atoms with Gasteiger partial charge in [-0.05, 0) is 19.0 Å². The third-order valence-electron chi connectivity index (χ3n) is 4.64. The number of likely N-dealkylation sites (tertiary alicyclic amines) is 1. The summed E-state index contributed by atoms with van der Waals surface area (Å²) in [4.78, 5) is 16.0. The Balaban J connectivity index is 1.71. The van der Waals surface area contributed by atoms with E-state index in [2.05, 4.69) is 15.1 Å². The van der Waals surface area contributed by atoms with Crippen LogP contribution in [0, 0.1) is 5.82 Å². The van der Waals surface area contributed by atoms with Gasteiger partial charge in [0, 0.05) is 38.7 Å². The molecule has 1 aromatic carbocycles. The normalized spacial score (nSPS) is 17.7. The summed E-state index contributed by atoms with van der Waals surface area (Å²) >= 11 is 0. The molecule has 0 bridgehead atoms. The topological polar surface area (TPSA) is 61.5 Å². The molecule has 1 fully saturated rings. The summed E-state index contributed by atoms with van der Waals surface area (Å²) < 4.78 is 19.4. The van der Waals surface area contributed by atoms with Gasteiger partial charge in [0.05, 0.1) is 24.6 Å². The van der Waals surface area contributed by atoms with Crippen molar-refractivity contribution < 1.29 is 13.9 Å². The number of nitrogens with zero attached hydrogens (tertiary/aromatic N) is 3. The van der Waals surface area contributed by atoms with Gasteiger partial charge in [0.15, 0.2) is 11.6 Å². The number of nitrogens with one attached hydrogen (secondary N) is 1. The van der Waals surface area contributed by atoms with Crippen LogP contribution < -0.4 is 4.74 Å². The van der Waals surface area contributed by atoms with Gasteiger partial charge in [0.25, 0.3) is 5.91 Å². The van der Waals surface area contributed by atoms with Crippen LogP contribution in [0.3, 0.4) is 0 Å². The number of amides is 1. The van der Waals surface area contributed by atoms with E-state index in [0.717, 1.165) is 25.2 Å². The van der Waals surface area contributed by atoms with Crippen LogP contribution in [0.25, 0.3) is 0 Å². The van der Waals surface area contributed by atoms with E-state index in [1.165, 1.54) is 7.11 Å². The van der Waals surface area contributed by atoms with E-state index < -0.39 is 0 Å². The Morgan fingerprint density at radius 2 is 2.28 bits per heavy atom. The Bertz CT molecular complexity index is 759. The monoisotopic (exact) mass is 346 g/mol. The first-order valence-corrected chi connectivity index (χ1v) is 8.30. The third-order valence-corrected chi connectivity index (χ3v) is 4.64. The van der Waals surface area contributed by atoms with Gasteiger partial charge < -0.3 is 9.64 Å². The second kappa shape index (κ2) is 7.23. The summed E-state index contributed by atoms with van der Waals surface area (Å²) in [7, 11) is 4.92. The van der Waals surface area contributed by atoms with Crippen molar-refractivity contribution in [3.05, 3.63) is 47.0 Å². The first-order chi connectivity index (χ1) is 12.0. The minimum Gasteiger partial charge on any atom is -0.494 e. The number of ether oxygens (including phenoxy) is 1. The molecule has 1 N–H and O–H groups in total. The molecular weight excluding hydrogens is 323 g/mol. The van der Waals surface area contributed by atoms with E-state index in [0.29, 0.717) is 17.7 Å². The summed E-state index contributed by atoms with van der Waals surface area (Å²) in [6, 6.07) is 5.20. The van der Waals surface area contributed by atoms with Gasteiger partial charge in [-0.25, -0.2) is 4.39 Å². The zero-order chi connectivity index (χ0) is 18.0. The molecule has 0 spiro atoms. The fourth-order valence-corrected chi connectivity index (χ4v) is 3.31. The van der Waals surface area contributed by atoms with Crippen molar-refractivity contribution in [3.8, 4) is 5.75 Å². The lowest BCUT2D eigenvalue weighted by molar-refractivity contribution is 0.0826. The number of carbonyl (C=O) groups excluding carboxylic acids is 1. The lowest BCUT2D eigenvalue weighted by Gasteiger charge is -2.17. The van der Waals surface area contributed by atoms with Crippen LogP contribution in [-0.4, -0.2) is 60.2 Å². The summed E-state index contributed by atoms with van der Waals surface area (Å²) in [6.45, 7) is 2.12. The highest BCUT2D eigenvalue weighted by Gasteiger charge is 2.29. The molecule has 2 aromatic rings. The lowest BCUT2D eigenvalue weighted by Crippen LogP contribution is -2.24. The largest absolute Gasteiger partial charge is 0.494 e. The van der Waals surface area contributed by atoms with Crippen LogP contribution in [0.5, 0.6) is 5.75 Å². The molecule has 1 atom stereocenters. The zero-order valence-electron chi connectivity index (χ0n) is 14.8. The first-order valence-electron chi connectivity index (χ1n) is 8.30. The predicted molar refractivity (Wildman–Crippen MR) is 92.2 cm³/mol. The maximum atomic E-state index is 14.3. The molecule has 134 valence electrons. The second-order valence-electron chi connectivity index (χ2n) is 6.55. The van der Waals surface area contributed by atoms with E-state index in [9.17, 15) is 9.18 Å². The van der Waals surface area contributed by atoms with E-state index in [4.69, 9.17) is 4.74 Å². The number of carbonyl (C=O) groups is 1. The van der Waals surface area contributed by atoms with Gasteiger partial charge in [-0.1, -0.05) is 12.1 Å². The van der Waals surface area contributed by atoms with Crippen LogP contribution in [0.4, 0.5) is 4.39 Å². The average Bonchev–Trinajstić information content (AvgIpc) is 3.24. The zero-order valence-corrected chi connectivity index (χ0v) is 14.8. The van der Waals surface area contributed by atoms with Crippen molar-refractivity contribution in [2.75, 3.05) is 34.3 Å². The van der Waals surface area contributed by atoms with Gasteiger partial charge in [0.1, 0.15) is 0 Å². The molecule has 1 amide bonds. The molecule has 1 aromatic heterocycles. The molecule has 0 radical (unpaired) electrons. The van der Waals surface area contributed by atoms with Crippen molar-refractivity contribution in [2.45, 2.75) is 18.9 Å². The van der Waals surface area contributed by atoms with Gasteiger partial charge >= 0.3 is 0 Å². The minimum absolute atomic E-state index is 0.0546. The number of aromatic amines is 1. The van der Waals surface area contributed by atoms with Gasteiger partial charge in [-0.2, -0.15) is 5.10 Å². The Morgan fingerprint density at radius 1 is 1.48 bits per heavy atom. The summed E-state index contributed by atoms with van der Waals surface area (Å²) in [5, 5.41) is 7.03. The standard InChI is InChI=1S/C18H23FN4O2/c1-22(2)18(24)14-9-20-21-17(14)13-7-8-23(11-13)10-12-5-4-6-15(25-3)16(12)19/h4-6,9,13H,7-8,10-11H2,1-3H3,(H,20,21)/t13-/m0/s1. The number of aromatic nitrogens is 2. The smallest absolute Gasteiger partial charge is 0.256 e. The lowest BCUT2D eigenvalue weighted by atomic mass is 10.0. The van der Waals surface area contributed by atoms with Crippen LogP contribution in [0.15, 0.2) is 24.4 Å². The van der Waals surface area contributed by atoms with Crippen molar-refractivity contribution >= 4 is 5.91 Å². The maximum absolute atomic E-state index is 14.3. The molecule has 2 heterocycles. The van der Waals surface area contributed by atoms with E-state index in [-0.39, 0.29) is 23.4 Å². The van der Waals surface area contributed by atoms with Crippen molar-refractivity contribution in [2.24, 2.45) is 0 Å². The number of methoxy groups -OCH3 is 1. The minimum atomic E-state index is -0.307. The molecule has 6 nitrogen and oxygen atoms in total. The quantitative estimate of drug-likeness (QED) is 0.902. The Hall–Kier alpha value is -2.41. The van der Waals surface area contributed by atoms with Gasteiger partial charge in [-0.3, -0.25) is 14.8 Å². The first kappa shape index (κ1) is 17.4. The fourth-order valence-electron chi connectivity index (χ4n) is 3.31. The summed E-state index contributed by atoms with van der Waals surface area (Å²) in [5.74, 6) is 0.0928. The van der Waals surface area contributed by atoms with Crippen molar-refractivity contribution in [3.63, 3.8) is 0 Å². The average molecular weight is 346 g/mol. The molecule has 0 aliphatic carbocycles. The number of rotatable bonds is 5. The van der Waals surface area contributed by atoms with Crippen LogP contribution in [-0.2, 0) is 6.54 Å². The highest BCUT2D eigenvalue weighted by atomic mass is 19.1. The third kappa shape index (κ3) is 3.51. The number of H-pyrrole nitrogens is 1. The molecular formula is C18H23FN4O2. The number of hydrogen-bond donors (Lipinski definition) is 1.